The van der Waals surface area contributed by atoms with Gasteiger partial charge in [0.05, 0.1) is 0 Å². The van der Waals surface area contributed by atoms with Crippen LogP contribution in [0, 0.1) is 6.92 Å². The van der Waals surface area contributed by atoms with Crippen molar-refractivity contribution in [3.8, 4) is 0 Å². The second-order valence-electron chi connectivity index (χ2n) is 3.01. The Kier molecular flexibility index (Phi) is 2.21. The van der Waals surface area contributed by atoms with Gasteiger partial charge in [0.25, 0.3) is 0 Å². The second kappa shape index (κ2) is 3.38. The van der Waals surface area contributed by atoms with Gasteiger partial charge in [-0.25, -0.2) is 4.79 Å². The summed E-state index contributed by atoms with van der Waals surface area (Å²) in [6, 6.07) is 3.83. The Bertz CT molecular complexity index is 410. The number of thiophene rings is 1. The third kappa shape index (κ3) is 1.61. The number of ketones is 1. The van der Waals surface area contributed by atoms with Crippen molar-refractivity contribution in [1.82, 2.24) is 0 Å². The number of hydrogen-bond donors (Lipinski definition) is 0. The first-order valence-corrected chi connectivity index (χ1v) is 4.97. The first kappa shape index (κ1) is 9.15. The fourth-order valence-corrected chi connectivity index (χ4v) is 2.03. The Labute approximate surface area is 85.0 Å². The Morgan fingerprint density at radius 3 is 2.71 bits per heavy atom. The highest BCUT2D eigenvalue weighted by atomic mass is 32.1. The number of esters is 1. The van der Waals surface area contributed by atoms with Gasteiger partial charge in [-0.05, 0) is 25.1 Å². The fraction of sp³-hybridized carbons (Fsp3) is 0.200. The van der Waals surface area contributed by atoms with Gasteiger partial charge in [0, 0.05) is 9.75 Å². The quantitative estimate of drug-likeness (QED) is 0.399. The molecule has 1 aliphatic rings. The van der Waals surface area contributed by atoms with Crippen molar-refractivity contribution in [3.63, 3.8) is 0 Å². The van der Waals surface area contributed by atoms with E-state index in [2.05, 4.69) is 4.74 Å². The lowest BCUT2D eigenvalue weighted by Crippen LogP contribution is -1.99. The van der Waals surface area contributed by atoms with E-state index in [1.54, 1.807) is 17.4 Å². The molecule has 1 saturated heterocycles. The number of carbonyl (C=O) groups is 2. The Morgan fingerprint density at radius 1 is 1.43 bits per heavy atom. The van der Waals surface area contributed by atoms with E-state index in [1.807, 2.05) is 19.1 Å². The van der Waals surface area contributed by atoms with Gasteiger partial charge in [-0.15, -0.1) is 11.3 Å². The van der Waals surface area contributed by atoms with Crippen molar-refractivity contribution < 1.29 is 14.3 Å². The molecule has 0 unspecified atom stereocenters. The van der Waals surface area contributed by atoms with Crippen LogP contribution >= 0.6 is 11.3 Å². The molecule has 1 fully saturated rings. The minimum Gasteiger partial charge on any atom is -0.454 e. The van der Waals surface area contributed by atoms with Crippen molar-refractivity contribution >= 4 is 29.2 Å². The minimum atomic E-state index is -0.513. The van der Waals surface area contributed by atoms with Crippen molar-refractivity contribution in [1.29, 1.82) is 0 Å². The maximum Gasteiger partial charge on any atom is 0.342 e. The number of rotatable bonds is 1. The van der Waals surface area contributed by atoms with E-state index in [4.69, 9.17) is 0 Å². The molecule has 0 aromatic carbocycles. The lowest BCUT2D eigenvalue weighted by atomic mass is 10.2. The summed E-state index contributed by atoms with van der Waals surface area (Å²) < 4.78 is 4.60. The fourth-order valence-electron chi connectivity index (χ4n) is 1.21. The zero-order valence-electron chi connectivity index (χ0n) is 7.57. The number of cyclic esters (lactones) is 1. The molecular weight excluding hydrogens is 200 g/mol. The summed E-state index contributed by atoms with van der Waals surface area (Å²) in [6.07, 6.45) is 1.59. The minimum absolute atomic E-state index is 0.116. The summed E-state index contributed by atoms with van der Waals surface area (Å²) in [5, 5.41) is 0. The number of carbonyl (C=O) groups excluding carboxylic acids is 2. The largest absolute Gasteiger partial charge is 0.454 e. The maximum atomic E-state index is 11.2. The topological polar surface area (TPSA) is 43.4 Å². The van der Waals surface area contributed by atoms with Gasteiger partial charge >= 0.3 is 5.97 Å². The van der Waals surface area contributed by atoms with Crippen LogP contribution < -0.4 is 0 Å². The van der Waals surface area contributed by atoms with E-state index in [9.17, 15) is 9.59 Å². The number of hydrogen-bond acceptors (Lipinski definition) is 4. The van der Waals surface area contributed by atoms with Crippen molar-refractivity contribution in [2.75, 3.05) is 6.61 Å². The van der Waals surface area contributed by atoms with Crippen LogP contribution in [-0.2, 0) is 14.3 Å². The average Bonchev–Trinajstić information content (AvgIpc) is 2.67. The average molecular weight is 208 g/mol. The molecule has 1 aliphatic heterocycles. The van der Waals surface area contributed by atoms with Gasteiger partial charge in [0.2, 0.25) is 5.78 Å². The van der Waals surface area contributed by atoms with E-state index >= 15 is 0 Å². The molecule has 0 amide bonds. The molecule has 0 spiro atoms. The van der Waals surface area contributed by atoms with Crippen LogP contribution in [0.15, 0.2) is 17.7 Å². The lowest BCUT2D eigenvalue weighted by Gasteiger charge is -1.87. The second-order valence-corrected chi connectivity index (χ2v) is 4.33. The van der Waals surface area contributed by atoms with Crippen molar-refractivity contribution in [3.05, 3.63) is 27.5 Å². The van der Waals surface area contributed by atoms with Gasteiger partial charge < -0.3 is 4.74 Å². The summed E-state index contributed by atoms with van der Waals surface area (Å²) in [5.74, 6) is -0.748. The van der Waals surface area contributed by atoms with Crippen LogP contribution in [0.5, 0.6) is 0 Å². The maximum absolute atomic E-state index is 11.2. The molecule has 1 aromatic heterocycles. The molecule has 14 heavy (non-hydrogen) atoms. The van der Waals surface area contributed by atoms with Crippen LogP contribution in [0.25, 0.3) is 6.08 Å². The van der Waals surface area contributed by atoms with E-state index in [0.717, 1.165) is 9.75 Å². The Balaban J connectivity index is 2.34. The predicted octanol–water partition coefficient (Wildman–Crippen LogP) is 1.57. The summed E-state index contributed by atoms with van der Waals surface area (Å²) in [6.45, 7) is 1.86. The summed E-state index contributed by atoms with van der Waals surface area (Å²) in [7, 11) is 0. The SMILES string of the molecule is Cc1ccc(/C=C2\C(=O)COC2=O)s1. The molecule has 0 bridgehead atoms. The summed E-state index contributed by atoms with van der Waals surface area (Å²) in [4.78, 5) is 24.3. The van der Waals surface area contributed by atoms with Crippen LogP contribution in [0.3, 0.4) is 0 Å². The Morgan fingerprint density at radius 2 is 2.21 bits per heavy atom. The van der Waals surface area contributed by atoms with E-state index in [1.165, 1.54) is 0 Å². The smallest absolute Gasteiger partial charge is 0.342 e. The predicted molar refractivity (Wildman–Crippen MR) is 53.0 cm³/mol. The van der Waals surface area contributed by atoms with E-state index < -0.39 is 5.97 Å². The zero-order chi connectivity index (χ0) is 10.1. The molecular formula is C10H8O3S. The molecule has 0 aliphatic carbocycles. The van der Waals surface area contributed by atoms with Crippen LogP contribution in [0.4, 0.5) is 0 Å². The molecule has 0 atom stereocenters. The summed E-state index contributed by atoms with van der Waals surface area (Å²) >= 11 is 1.54. The highest BCUT2D eigenvalue weighted by molar-refractivity contribution is 7.12. The van der Waals surface area contributed by atoms with Gasteiger partial charge in [-0.2, -0.15) is 0 Å². The van der Waals surface area contributed by atoms with Crippen LogP contribution in [0.2, 0.25) is 0 Å². The van der Waals surface area contributed by atoms with E-state index in [-0.39, 0.29) is 18.0 Å². The number of Topliss-reactive ketones (excluding diaryl/α,β-unsaturated/α-hetero) is 1. The van der Waals surface area contributed by atoms with Crippen LogP contribution in [-0.4, -0.2) is 18.4 Å². The molecule has 0 saturated carbocycles. The Hall–Kier alpha value is -1.42. The highest BCUT2D eigenvalue weighted by Crippen LogP contribution is 2.20. The molecule has 4 heteroatoms. The molecule has 0 radical (unpaired) electrons. The van der Waals surface area contributed by atoms with Crippen molar-refractivity contribution in [2.24, 2.45) is 0 Å². The van der Waals surface area contributed by atoms with Crippen molar-refractivity contribution in [2.45, 2.75) is 6.92 Å². The number of aryl methyl sites for hydroxylation is 1. The third-order valence-electron chi connectivity index (χ3n) is 1.90. The first-order valence-electron chi connectivity index (χ1n) is 4.15. The van der Waals surface area contributed by atoms with E-state index in [0.29, 0.717) is 0 Å². The third-order valence-corrected chi connectivity index (χ3v) is 2.85. The molecule has 2 rings (SSSR count). The van der Waals surface area contributed by atoms with Gasteiger partial charge in [-0.3, -0.25) is 4.79 Å². The highest BCUT2D eigenvalue weighted by Gasteiger charge is 2.27. The monoisotopic (exact) mass is 208 g/mol. The molecule has 3 nitrogen and oxygen atoms in total. The molecule has 2 heterocycles. The van der Waals surface area contributed by atoms with Gasteiger partial charge in [0.15, 0.2) is 6.61 Å². The molecule has 72 valence electrons. The number of ether oxygens (including phenoxy) is 1. The molecule has 1 aromatic rings. The van der Waals surface area contributed by atoms with Gasteiger partial charge in [0.1, 0.15) is 5.57 Å². The lowest BCUT2D eigenvalue weighted by molar-refractivity contribution is -0.135. The normalized spacial score (nSPS) is 19.1. The zero-order valence-corrected chi connectivity index (χ0v) is 8.39. The molecule has 0 N–H and O–H groups in total. The van der Waals surface area contributed by atoms with Gasteiger partial charge in [-0.1, -0.05) is 0 Å². The standard InChI is InChI=1S/C10H8O3S/c1-6-2-3-7(14-6)4-8-9(11)5-13-10(8)12/h2-4H,5H2,1H3/b8-4+. The van der Waals surface area contributed by atoms with Crippen LogP contribution in [0.1, 0.15) is 9.75 Å². The first-order chi connectivity index (χ1) is 6.66. The summed E-state index contributed by atoms with van der Waals surface area (Å²) in [5.41, 5.74) is 0.159.